The highest BCUT2D eigenvalue weighted by Crippen LogP contribution is 2.23. The summed E-state index contributed by atoms with van der Waals surface area (Å²) in [6.07, 6.45) is 0.305. The lowest BCUT2D eigenvalue weighted by molar-refractivity contribution is -0.138. The Morgan fingerprint density at radius 2 is 1.62 bits per heavy atom. The Labute approximate surface area is 139 Å². The summed E-state index contributed by atoms with van der Waals surface area (Å²) in [5.74, 6) is -1.04. The van der Waals surface area contributed by atoms with Gasteiger partial charge in [0.05, 0.1) is 6.54 Å². The summed E-state index contributed by atoms with van der Waals surface area (Å²) in [4.78, 5) is 39.5. The van der Waals surface area contributed by atoms with E-state index >= 15 is 0 Å². The highest BCUT2D eigenvalue weighted by atomic mass is 16.4. The van der Waals surface area contributed by atoms with Gasteiger partial charge in [0.1, 0.15) is 0 Å². The number of anilines is 2. The molecule has 0 radical (unpaired) electrons. The molecule has 8 nitrogen and oxygen atoms in total. The van der Waals surface area contributed by atoms with Crippen LogP contribution in [0.1, 0.15) is 6.42 Å². The minimum Gasteiger partial charge on any atom is -0.480 e. The lowest BCUT2D eigenvalue weighted by Gasteiger charge is -2.35. The van der Waals surface area contributed by atoms with Gasteiger partial charge < -0.3 is 10.0 Å². The molecule has 0 unspecified atom stereocenters. The number of carbonyl (C=O) groups is 3. The van der Waals surface area contributed by atoms with Crippen molar-refractivity contribution in [3.05, 3.63) is 24.3 Å². The van der Waals surface area contributed by atoms with Crippen LogP contribution in [0, 0.1) is 0 Å². The Hall–Kier alpha value is -2.61. The molecule has 0 bridgehead atoms. The van der Waals surface area contributed by atoms with Crippen LogP contribution in [0.15, 0.2) is 24.3 Å². The Balaban J connectivity index is 1.60. The van der Waals surface area contributed by atoms with Crippen molar-refractivity contribution < 1.29 is 19.5 Å². The number of piperazine rings is 1. The van der Waals surface area contributed by atoms with Crippen molar-refractivity contribution in [1.82, 2.24) is 10.2 Å². The molecule has 3 rings (SSSR count). The first-order valence-electron chi connectivity index (χ1n) is 7.93. The molecule has 1 aromatic carbocycles. The summed E-state index contributed by atoms with van der Waals surface area (Å²) in [5.41, 5.74) is 1.80. The van der Waals surface area contributed by atoms with E-state index in [1.54, 1.807) is 4.90 Å². The molecule has 0 spiro atoms. The molecule has 2 aliphatic heterocycles. The van der Waals surface area contributed by atoms with Gasteiger partial charge in [0.25, 0.3) is 0 Å². The van der Waals surface area contributed by atoms with Gasteiger partial charge in [-0.15, -0.1) is 0 Å². The zero-order valence-corrected chi connectivity index (χ0v) is 13.3. The Morgan fingerprint density at radius 3 is 2.21 bits per heavy atom. The molecule has 8 heteroatoms. The van der Waals surface area contributed by atoms with E-state index < -0.39 is 5.97 Å². The number of nitrogens with zero attached hydrogens (tertiary/aromatic N) is 3. The van der Waals surface area contributed by atoms with Gasteiger partial charge in [-0.2, -0.15) is 0 Å². The summed E-state index contributed by atoms with van der Waals surface area (Å²) >= 11 is 0. The van der Waals surface area contributed by atoms with Gasteiger partial charge in [0.2, 0.25) is 5.91 Å². The van der Waals surface area contributed by atoms with Crippen LogP contribution in [0.25, 0.3) is 0 Å². The fraction of sp³-hybridized carbons (Fsp3) is 0.438. The van der Waals surface area contributed by atoms with Crippen molar-refractivity contribution in [3.63, 3.8) is 0 Å². The highest BCUT2D eigenvalue weighted by molar-refractivity contribution is 6.05. The van der Waals surface area contributed by atoms with E-state index in [0.29, 0.717) is 26.1 Å². The van der Waals surface area contributed by atoms with Gasteiger partial charge in [0.15, 0.2) is 0 Å². The van der Waals surface area contributed by atoms with Crippen LogP contribution in [0.4, 0.5) is 16.2 Å². The molecule has 2 fully saturated rings. The minimum atomic E-state index is -0.800. The van der Waals surface area contributed by atoms with Crippen LogP contribution in [0.3, 0.4) is 0 Å². The standard InChI is InChI=1S/C16H20N4O4/c21-14-5-6-20(16(24)17-14)13-3-1-12(2-4-13)19-9-7-18(8-10-19)11-15(22)23/h1-4H,5-11H2,(H,22,23)(H,17,21,24). The van der Waals surface area contributed by atoms with Crippen LogP contribution in [0.2, 0.25) is 0 Å². The average Bonchev–Trinajstić information content (AvgIpc) is 2.55. The molecule has 1 aromatic rings. The second-order valence-corrected chi connectivity index (χ2v) is 5.93. The number of urea groups is 1. The topological polar surface area (TPSA) is 93.2 Å². The average molecular weight is 332 g/mol. The summed E-state index contributed by atoms with van der Waals surface area (Å²) in [7, 11) is 0. The van der Waals surface area contributed by atoms with Crippen LogP contribution in [-0.4, -0.2) is 67.2 Å². The lowest BCUT2D eigenvalue weighted by atomic mass is 10.2. The maximum atomic E-state index is 11.8. The van der Waals surface area contributed by atoms with E-state index in [2.05, 4.69) is 10.2 Å². The number of amides is 3. The molecule has 2 saturated heterocycles. The van der Waals surface area contributed by atoms with Crippen LogP contribution >= 0.6 is 0 Å². The molecule has 3 amide bonds. The molecule has 2 aliphatic rings. The van der Waals surface area contributed by atoms with Crippen molar-refractivity contribution in [1.29, 1.82) is 0 Å². The third kappa shape index (κ3) is 3.65. The number of hydrogen-bond acceptors (Lipinski definition) is 5. The molecule has 0 atom stereocenters. The van der Waals surface area contributed by atoms with Gasteiger partial charge in [-0.25, -0.2) is 4.79 Å². The number of carboxylic acid groups (broad SMARTS) is 1. The first kappa shape index (κ1) is 16.3. The number of aliphatic carboxylic acids is 1. The zero-order valence-electron chi connectivity index (χ0n) is 13.3. The lowest BCUT2D eigenvalue weighted by Crippen LogP contribution is -2.49. The smallest absolute Gasteiger partial charge is 0.328 e. The minimum absolute atomic E-state index is 0.0789. The van der Waals surface area contributed by atoms with E-state index in [1.807, 2.05) is 29.2 Å². The second-order valence-electron chi connectivity index (χ2n) is 5.93. The number of benzene rings is 1. The van der Waals surface area contributed by atoms with E-state index in [0.717, 1.165) is 24.5 Å². The van der Waals surface area contributed by atoms with E-state index in [-0.39, 0.29) is 18.5 Å². The molecule has 2 heterocycles. The molecule has 0 saturated carbocycles. The Bertz CT molecular complexity index is 638. The van der Waals surface area contributed by atoms with Crippen molar-refractivity contribution in [2.24, 2.45) is 0 Å². The molecule has 128 valence electrons. The van der Waals surface area contributed by atoms with Crippen molar-refractivity contribution in [2.45, 2.75) is 6.42 Å². The van der Waals surface area contributed by atoms with Gasteiger partial charge in [0, 0.05) is 50.5 Å². The monoisotopic (exact) mass is 332 g/mol. The predicted octanol–water partition coefficient (Wildman–Crippen LogP) is 0.339. The highest BCUT2D eigenvalue weighted by Gasteiger charge is 2.24. The quantitative estimate of drug-likeness (QED) is 0.826. The third-order valence-corrected chi connectivity index (χ3v) is 4.31. The van der Waals surface area contributed by atoms with E-state index in [9.17, 15) is 14.4 Å². The van der Waals surface area contributed by atoms with E-state index in [1.165, 1.54) is 0 Å². The molecule has 2 N–H and O–H groups in total. The number of rotatable bonds is 4. The number of nitrogens with one attached hydrogen (secondary N) is 1. The molecule has 24 heavy (non-hydrogen) atoms. The number of hydrogen-bond donors (Lipinski definition) is 2. The van der Waals surface area contributed by atoms with Gasteiger partial charge in [-0.1, -0.05) is 0 Å². The van der Waals surface area contributed by atoms with Gasteiger partial charge in [-0.05, 0) is 24.3 Å². The largest absolute Gasteiger partial charge is 0.480 e. The zero-order chi connectivity index (χ0) is 17.1. The first-order chi connectivity index (χ1) is 11.5. The van der Waals surface area contributed by atoms with Crippen LogP contribution < -0.4 is 15.1 Å². The summed E-state index contributed by atoms with van der Waals surface area (Å²) in [6, 6.07) is 7.25. The van der Waals surface area contributed by atoms with Gasteiger partial charge in [-0.3, -0.25) is 24.7 Å². The Morgan fingerprint density at radius 1 is 1.00 bits per heavy atom. The van der Waals surface area contributed by atoms with Gasteiger partial charge >= 0.3 is 12.0 Å². The summed E-state index contributed by atoms with van der Waals surface area (Å²) in [6.45, 7) is 3.43. The van der Waals surface area contributed by atoms with Crippen molar-refractivity contribution in [3.8, 4) is 0 Å². The van der Waals surface area contributed by atoms with E-state index in [4.69, 9.17) is 5.11 Å². The van der Waals surface area contributed by atoms with Crippen molar-refractivity contribution >= 4 is 29.3 Å². The molecule has 0 aromatic heterocycles. The normalized spacial score (nSPS) is 19.3. The number of carboxylic acids is 1. The SMILES string of the molecule is O=C(O)CN1CCN(c2ccc(N3CCC(=O)NC3=O)cc2)CC1. The van der Waals surface area contributed by atoms with Crippen LogP contribution in [-0.2, 0) is 9.59 Å². The maximum absolute atomic E-state index is 11.8. The summed E-state index contributed by atoms with van der Waals surface area (Å²) < 4.78 is 0. The second kappa shape index (κ2) is 6.88. The number of carbonyl (C=O) groups excluding carboxylic acids is 2. The first-order valence-corrected chi connectivity index (χ1v) is 7.93. The van der Waals surface area contributed by atoms with Crippen LogP contribution in [0.5, 0.6) is 0 Å². The Kier molecular flexibility index (Phi) is 4.66. The molecular formula is C16H20N4O4. The third-order valence-electron chi connectivity index (χ3n) is 4.31. The van der Waals surface area contributed by atoms with Crippen molar-refractivity contribution in [2.75, 3.05) is 49.1 Å². The molecule has 0 aliphatic carbocycles. The fourth-order valence-electron chi connectivity index (χ4n) is 3.01. The maximum Gasteiger partial charge on any atom is 0.328 e. The fourth-order valence-corrected chi connectivity index (χ4v) is 3.01. The molecular weight excluding hydrogens is 312 g/mol. The number of imide groups is 1. The summed E-state index contributed by atoms with van der Waals surface area (Å²) in [5, 5.41) is 11.1. The predicted molar refractivity (Wildman–Crippen MR) is 88.2 cm³/mol.